The molecular weight excluding hydrogens is 359 g/mol. The number of aromatic nitrogens is 1. The molecule has 2 aromatic rings. The molecule has 1 aromatic carbocycles. The number of alkyl halides is 3. The van der Waals surface area contributed by atoms with Crippen molar-refractivity contribution in [2.24, 2.45) is 0 Å². The first-order chi connectivity index (χ1) is 12.9. The highest BCUT2D eigenvalue weighted by Gasteiger charge is 2.31. The molecule has 1 fully saturated rings. The molecule has 1 aromatic heterocycles. The van der Waals surface area contributed by atoms with E-state index < -0.39 is 11.7 Å². The van der Waals surface area contributed by atoms with Crippen LogP contribution in [0.3, 0.4) is 0 Å². The van der Waals surface area contributed by atoms with Crippen LogP contribution in [0.2, 0.25) is 0 Å². The van der Waals surface area contributed by atoms with Crippen molar-refractivity contribution >= 4 is 5.69 Å². The van der Waals surface area contributed by atoms with Gasteiger partial charge in [0, 0.05) is 50.0 Å². The molecule has 0 radical (unpaired) electrons. The number of benzene rings is 1. The first-order valence-electron chi connectivity index (χ1n) is 8.63. The zero-order chi connectivity index (χ0) is 19.4. The van der Waals surface area contributed by atoms with Gasteiger partial charge in [-0.15, -0.1) is 0 Å². The highest BCUT2D eigenvalue weighted by molar-refractivity contribution is 5.49. The number of hydrogen-bond donors (Lipinski definition) is 0. The molecule has 27 heavy (non-hydrogen) atoms. The summed E-state index contributed by atoms with van der Waals surface area (Å²) in [5, 5.41) is 0. The second kappa shape index (κ2) is 8.04. The van der Waals surface area contributed by atoms with E-state index in [1.807, 2.05) is 11.0 Å². The number of halogens is 3. The summed E-state index contributed by atoms with van der Waals surface area (Å²) in [7, 11) is 3.12. The smallest absolute Gasteiger partial charge is 0.416 e. The molecular formula is C19H22F3N3O2. The maximum atomic E-state index is 12.9. The Hall–Kier alpha value is -2.48. The second-order valence-electron chi connectivity index (χ2n) is 6.33. The zero-order valence-corrected chi connectivity index (χ0v) is 15.3. The molecule has 8 heteroatoms. The van der Waals surface area contributed by atoms with Crippen LogP contribution in [0.5, 0.6) is 11.8 Å². The Kier molecular flexibility index (Phi) is 5.74. The Morgan fingerprint density at radius 3 is 2.37 bits per heavy atom. The number of methoxy groups -OCH3 is 2. The number of hydrogen-bond acceptors (Lipinski definition) is 5. The molecule has 0 spiro atoms. The van der Waals surface area contributed by atoms with E-state index in [1.54, 1.807) is 26.4 Å². The van der Waals surface area contributed by atoms with Crippen LogP contribution in [0.1, 0.15) is 11.1 Å². The van der Waals surface area contributed by atoms with Gasteiger partial charge in [0.2, 0.25) is 11.8 Å². The van der Waals surface area contributed by atoms with Crippen molar-refractivity contribution in [3.63, 3.8) is 0 Å². The molecule has 2 heterocycles. The second-order valence-corrected chi connectivity index (χ2v) is 6.33. The van der Waals surface area contributed by atoms with Crippen molar-refractivity contribution in [1.82, 2.24) is 9.88 Å². The van der Waals surface area contributed by atoms with Crippen molar-refractivity contribution in [1.29, 1.82) is 0 Å². The van der Waals surface area contributed by atoms with Crippen LogP contribution in [-0.2, 0) is 12.7 Å². The summed E-state index contributed by atoms with van der Waals surface area (Å²) in [6.45, 7) is 3.47. The third kappa shape index (κ3) is 4.63. The first-order valence-corrected chi connectivity index (χ1v) is 8.63. The van der Waals surface area contributed by atoms with E-state index in [0.717, 1.165) is 24.7 Å². The van der Waals surface area contributed by atoms with Gasteiger partial charge in [-0.25, -0.2) is 0 Å². The Bertz CT molecular complexity index is 775. The molecule has 5 nitrogen and oxygen atoms in total. The van der Waals surface area contributed by atoms with E-state index in [2.05, 4.69) is 9.88 Å². The van der Waals surface area contributed by atoms with Gasteiger partial charge in [-0.3, -0.25) is 4.90 Å². The van der Waals surface area contributed by atoms with E-state index in [1.165, 1.54) is 12.1 Å². The van der Waals surface area contributed by atoms with Crippen molar-refractivity contribution in [3.8, 4) is 11.8 Å². The van der Waals surface area contributed by atoms with Crippen LogP contribution in [0.25, 0.3) is 0 Å². The summed E-state index contributed by atoms with van der Waals surface area (Å²) in [6, 6.07) is 9.20. The Morgan fingerprint density at radius 1 is 1.00 bits per heavy atom. The minimum absolute atomic E-state index is 0.491. The van der Waals surface area contributed by atoms with Crippen LogP contribution < -0.4 is 14.4 Å². The van der Waals surface area contributed by atoms with E-state index in [4.69, 9.17) is 9.47 Å². The first kappa shape index (κ1) is 19.3. The van der Waals surface area contributed by atoms with Gasteiger partial charge < -0.3 is 14.4 Å². The lowest BCUT2D eigenvalue weighted by atomic mass is 10.1. The highest BCUT2D eigenvalue weighted by Crippen LogP contribution is 2.32. The van der Waals surface area contributed by atoms with E-state index in [-0.39, 0.29) is 0 Å². The predicted octanol–water partition coefficient (Wildman–Crippen LogP) is 3.44. The Balaban J connectivity index is 1.63. The monoisotopic (exact) mass is 381 g/mol. The minimum atomic E-state index is -4.32. The number of pyridine rings is 1. The summed E-state index contributed by atoms with van der Waals surface area (Å²) >= 11 is 0. The predicted molar refractivity (Wildman–Crippen MR) is 96.3 cm³/mol. The molecule has 0 aliphatic carbocycles. The number of anilines is 1. The van der Waals surface area contributed by atoms with Crippen molar-refractivity contribution in [2.75, 3.05) is 45.3 Å². The zero-order valence-electron chi connectivity index (χ0n) is 15.3. The van der Waals surface area contributed by atoms with Gasteiger partial charge in [-0.05, 0) is 24.3 Å². The van der Waals surface area contributed by atoms with E-state index in [0.29, 0.717) is 37.1 Å². The normalized spacial score (nSPS) is 15.7. The van der Waals surface area contributed by atoms with Gasteiger partial charge in [-0.1, -0.05) is 6.07 Å². The standard InChI is InChI=1S/C19H22F3N3O2/c1-26-17-7-6-14(18(23-17)27-2)13-24-8-10-25(11-9-24)16-5-3-4-15(12-16)19(20,21)22/h3-7,12H,8-11,13H2,1-2H3. The number of piperazine rings is 1. The molecule has 0 bridgehead atoms. The molecule has 1 saturated heterocycles. The SMILES string of the molecule is COc1ccc(CN2CCN(c3cccc(C(F)(F)F)c3)CC2)c(OC)n1. The molecule has 0 atom stereocenters. The number of nitrogens with zero attached hydrogens (tertiary/aromatic N) is 3. The van der Waals surface area contributed by atoms with Crippen LogP contribution in [-0.4, -0.2) is 50.3 Å². The quantitative estimate of drug-likeness (QED) is 0.793. The van der Waals surface area contributed by atoms with Gasteiger partial charge in [-0.2, -0.15) is 18.2 Å². The lowest BCUT2D eigenvalue weighted by Gasteiger charge is -2.36. The molecule has 146 valence electrons. The molecule has 3 rings (SSSR count). The highest BCUT2D eigenvalue weighted by atomic mass is 19.4. The van der Waals surface area contributed by atoms with Gasteiger partial charge in [0.15, 0.2) is 0 Å². The summed E-state index contributed by atoms with van der Waals surface area (Å²) in [6.07, 6.45) is -4.32. The van der Waals surface area contributed by atoms with E-state index in [9.17, 15) is 13.2 Å². The Labute approximate surface area is 156 Å². The summed E-state index contributed by atoms with van der Waals surface area (Å²) in [5.74, 6) is 1.01. The third-order valence-electron chi connectivity index (χ3n) is 4.62. The fraction of sp³-hybridized carbons (Fsp3) is 0.421. The largest absolute Gasteiger partial charge is 0.481 e. The number of ether oxygens (including phenoxy) is 2. The third-order valence-corrected chi connectivity index (χ3v) is 4.62. The molecule has 1 aliphatic heterocycles. The van der Waals surface area contributed by atoms with Crippen LogP contribution >= 0.6 is 0 Å². The molecule has 1 aliphatic rings. The lowest BCUT2D eigenvalue weighted by molar-refractivity contribution is -0.137. The summed E-state index contributed by atoms with van der Waals surface area (Å²) < 4.78 is 49.2. The van der Waals surface area contributed by atoms with Gasteiger partial charge in [0.1, 0.15) is 0 Å². The van der Waals surface area contributed by atoms with Crippen LogP contribution in [0, 0.1) is 0 Å². The van der Waals surface area contributed by atoms with Crippen LogP contribution in [0.4, 0.5) is 18.9 Å². The van der Waals surface area contributed by atoms with Crippen molar-refractivity contribution in [3.05, 3.63) is 47.5 Å². The molecule has 0 unspecified atom stereocenters. The molecule has 0 saturated carbocycles. The van der Waals surface area contributed by atoms with Crippen molar-refractivity contribution < 1.29 is 22.6 Å². The maximum absolute atomic E-state index is 12.9. The van der Waals surface area contributed by atoms with Crippen LogP contribution in [0.15, 0.2) is 36.4 Å². The van der Waals surface area contributed by atoms with Crippen molar-refractivity contribution in [2.45, 2.75) is 12.7 Å². The molecule has 0 N–H and O–H groups in total. The average Bonchev–Trinajstić information content (AvgIpc) is 2.68. The maximum Gasteiger partial charge on any atom is 0.416 e. The number of rotatable bonds is 5. The van der Waals surface area contributed by atoms with E-state index >= 15 is 0 Å². The lowest BCUT2D eigenvalue weighted by Crippen LogP contribution is -2.46. The summed E-state index contributed by atoms with van der Waals surface area (Å²) in [5.41, 5.74) is 0.940. The Morgan fingerprint density at radius 2 is 1.74 bits per heavy atom. The van der Waals surface area contributed by atoms with Gasteiger partial charge in [0.25, 0.3) is 0 Å². The fourth-order valence-corrected chi connectivity index (χ4v) is 3.15. The average molecular weight is 381 g/mol. The van der Waals surface area contributed by atoms with Gasteiger partial charge in [0.05, 0.1) is 19.8 Å². The fourth-order valence-electron chi connectivity index (χ4n) is 3.15. The minimum Gasteiger partial charge on any atom is -0.481 e. The topological polar surface area (TPSA) is 37.8 Å². The van der Waals surface area contributed by atoms with Gasteiger partial charge >= 0.3 is 6.18 Å². The summed E-state index contributed by atoms with van der Waals surface area (Å²) in [4.78, 5) is 8.50. The molecule has 0 amide bonds.